The number of carbonyl (C=O) groups is 1. The number of pyridine rings is 1. The molecule has 0 spiro atoms. The Morgan fingerprint density at radius 3 is 2.83 bits per heavy atom. The highest BCUT2D eigenvalue weighted by Crippen LogP contribution is 2.25. The molecular weight excluding hydrogens is 290 g/mol. The molecular formula is C17H21N5O. The van der Waals surface area contributed by atoms with Gasteiger partial charge in [-0.1, -0.05) is 6.07 Å². The number of carbonyl (C=O) groups excluding carboxylic acids is 1. The third-order valence-electron chi connectivity index (χ3n) is 4.90. The minimum Gasteiger partial charge on any atom is -0.353 e. The van der Waals surface area contributed by atoms with Gasteiger partial charge in [0.05, 0.1) is 12.0 Å². The fourth-order valence-electron chi connectivity index (χ4n) is 3.57. The number of piperazine rings is 1. The molecule has 120 valence electrons. The van der Waals surface area contributed by atoms with Crippen molar-refractivity contribution < 1.29 is 4.79 Å². The third kappa shape index (κ3) is 2.81. The van der Waals surface area contributed by atoms with Crippen LogP contribution in [0.1, 0.15) is 17.8 Å². The number of rotatable bonds is 2. The number of fused-ring (bicyclic) bond motifs is 1. The predicted molar refractivity (Wildman–Crippen MR) is 87.1 cm³/mol. The average molecular weight is 311 g/mol. The highest BCUT2D eigenvalue weighted by molar-refractivity contribution is 5.79. The summed E-state index contributed by atoms with van der Waals surface area (Å²) in [6.07, 6.45) is 6.18. The predicted octanol–water partition coefficient (Wildman–Crippen LogP) is 1.26. The lowest BCUT2D eigenvalue weighted by Crippen LogP contribution is -2.51. The second kappa shape index (κ2) is 6.02. The van der Waals surface area contributed by atoms with Crippen molar-refractivity contribution >= 4 is 11.7 Å². The standard InChI is InChI=1S/C17H21N5O/c23-17(13-4-5-14-15(11-13)20-12-19-14)22-9-7-21(8-10-22)16-3-1-2-6-18-16/h1-3,6,12-13H,4-5,7-11H2,(H,19,20). The van der Waals surface area contributed by atoms with Gasteiger partial charge in [-0.15, -0.1) is 0 Å². The van der Waals surface area contributed by atoms with Crippen molar-refractivity contribution in [1.29, 1.82) is 0 Å². The number of hydrogen-bond acceptors (Lipinski definition) is 4. The van der Waals surface area contributed by atoms with E-state index in [1.807, 2.05) is 29.3 Å². The summed E-state index contributed by atoms with van der Waals surface area (Å²) in [5.74, 6) is 1.40. The van der Waals surface area contributed by atoms with Crippen LogP contribution in [0.15, 0.2) is 30.7 Å². The Morgan fingerprint density at radius 2 is 2.04 bits per heavy atom. The Morgan fingerprint density at radius 1 is 1.17 bits per heavy atom. The van der Waals surface area contributed by atoms with Crippen LogP contribution in [0.25, 0.3) is 0 Å². The molecule has 0 radical (unpaired) electrons. The first-order chi connectivity index (χ1) is 11.3. The smallest absolute Gasteiger partial charge is 0.226 e. The van der Waals surface area contributed by atoms with Gasteiger partial charge in [-0.05, 0) is 25.0 Å². The number of amides is 1. The van der Waals surface area contributed by atoms with Gasteiger partial charge in [0.25, 0.3) is 0 Å². The Kier molecular flexibility index (Phi) is 3.73. The number of hydrogen-bond donors (Lipinski definition) is 1. The number of nitrogens with zero attached hydrogens (tertiary/aromatic N) is 4. The first-order valence-corrected chi connectivity index (χ1v) is 8.27. The fraction of sp³-hybridized carbons (Fsp3) is 0.471. The van der Waals surface area contributed by atoms with E-state index in [9.17, 15) is 4.79 Å². The van der Waals surface area contributed by atoms with E-state index in [-0.39, 0.29) is 5.92 Å². The SMILES string of the molecule is O=C(C1CCc2nc[nH]c2C1)N1CCN(c2ccccn2)CC1. The van der Waals surface area contributed by atoms with Crippen molar-refractivity contribution in [2.45, 2.75) is 19.3 Å². The van der Waals surface area contributed by atoms with Gasteiger partial charge in [0, 0.05) is 50.4 Å². The van der Waals surface area contributed by atoms with Crippen LogP contribution in [0.3, 0.4) is 0 Å². The molecule has 1 unspecified atom stereocenters. The molecule has 1 aliphatic heterocycles. The molecule has 4 rings (SSSR count). The lowest BCUT2D eigenvalue weighted by Gasteiger charge is -2.37. The zero-order valence-electron chi connectivity index (χ0n) is 13.1. The first-order valence-electron chi connectivity index (χ1n) is 8.27. The summed E-state index contributed by atoms with van der Waals surface area (Å²) in [7, 11) is 0. The molecule has 6 heteroatoms. The van der Waals surface area contributed by atoms with Crippen LogP contribution >= 0.6 is 0 Å². The molecule has 6 nitrogen and oxygen atoms in total. The Bertz CT molecular complexity index is 675. The molecule has 1 atom stereocenters. The highest BCUT2D eigenvalue weighted by atomic mass is 16.2. The number of aromatic amines is 1. The quantitative estimate of drug-likeness (QED) is 0.907. The van der Waals surface area contributed by atoms with Crippen molar-refractivity contribution in [2.24, 2.45) is 5.92 Å². The molecule has 23 heavy (non-hydrogen) atoms. The van der Waals surface area contributed by atoms with Gasteiger partial charge in [-0.2, -0.15) is 0 Å². The Balaban J connectivity index is 1.36. The van der Waals surface area contributed by atoms with Crippen molar-refractivity contribution in [3.63, 3.8) is 0 Å². The van der Waals surface area contributed by atoms with Gasteiger partial charge < -0.3 is 14.8 Å². The van der Waals surface area contributed by atoms with Crippen molar-refractivity contribution in [2.75, 3.05) is 31.1 Å². The van der Waals surface area contributed by atoms with E-state index in [2.05, 4.69) is 19.9 Å². The van der Waals surface area contributed by atoms with Crippen molar-refractivity contribution in [3.8, 4) is 0 Å². The molecule has 0 bridgehead atoms. The molecule has 1 fully saturated rings. The molecule has 1 aliphatic carbocycles. The number of imidazole rings is 1. The maximum Gasteiger partial charge on any atom is 0.226 e. The lowest BCUT2D eigenvalue weighted by atomic mass is 9.88. The van der Waals surface area contributed by atoms with Crippen LogP contribution in [0.2, 0.25) is 0 Å². The van der Waals surface area contributed by atoms with E-state index >= 15 is 0 Å². The molecule has 0 aromatic carbocycles. The summed E-state index contributed by atoms with van der Waals surface area (Å²) >= 11 is 0. The second-order valence-corrected chi connectivity index (χ2v) is 6.27. The monoisotopic (exact) mass is 311 g/mol. The molecule has 0 saturated carbocycles. The van der Waals surface area contributed by atoms with Crippen molar-refractivity contribution in [3.05, 3.63) is 42.1 Å². The van der Waals surface area contributed by atoms with E-state index in [1.54, 1.807) is 6.33 Å². The van der Waals surface area contributed by atoms with Crippen LogP contribution in [-0.2, 0) is 17.6 Å². The van der Waals surface area contributed by atoms with E-state index in [4.69, 9.17) is 0 Å². The third-order valence-corrected chi connectivity index (χ3v) is 4.90. The van der Waals surface area contributed by atoms with E-state index in [1.165, 1.54) is 0 Å². The molecule has 3 heterocycles. The molecule has 1 saturated heterocycles. The van der Waals surface area contributed by atoms with Crippen LogP contribution in [-0.4, -0.2) is 51.9 Å². The van der Waals surface area contributed by atoms with Crippen molar-refractivity contribution in [1.82, 2.24) is 19.9 Å². The minimum absolute atomic E-state index is 0.101. The van der Waals surface area contributed by atoms with Crippen LogP contribution in [0, 0.1) is 5.92 Å². The maximum absolute atomic E-state index is 12.8. The fourth-order valence-corrected chi connectivity index (χ4v) is 3.57. The average Bonchev–Trinajstić information content (AvgIpc) is 3.10. The highest BCUT2D eigenvalue weighted by Gasteiger charge is 2.31. The van der Waals surface area contributed by atoms with Gasteiger partial charge in [-0.3, -0.25) is 4.79 Å². The molecule has 2 aromatic rings. The number of nitrogens with one attached hydrogen (secondary N) is 1. The van der Waals surface area contributed by atoms with E-state index < -0.39 is 0 Å². The molecule has 2 aliphatic rings. The second-order valence-electron chi connectivity index (χ2n) is 6.27. The molecule has 1 N–H and O–H groups in total. The van der Waals surface area contributed by atoms with E-state index in [0.717, 1.165) is 62.6 Å². The number of aryl methyl sites for hydroxylation is 1. The van der Waals surface area contributed by atoms with Gasteiger partial charge in [-0.25, -0.2) is 9.97 Å². The Hall–Kier alpha value is -2.37. The summed E-state index contributed by atoms with van der Waals surface area (Å²) in [4.78, 5) is 28.9. The summed E-state index contributed by atoms with van der Waals surface area (Å²) in [5, 5.41) is 0. The largest absolute Gasteiger partial charge is 0.353 e. The Labute approximate surface area is 135 Å². The summed E-state index contributed by atoms with van der Waals surface area (Å²) < 4.78 is 0. The zero-order valence-corrected chi connectivity index (χ0v) is 13.1. The van der Waals surface area contributed by atoms with Gasteiger partial charge >= 0.3 is 0 Å². The number of anilines is 1. The van der Waals surface area contributed by atoms with Gasteiger partial charge in [0.1, 0.15) is 5.82 Å². The molecule has 2 aromatic heterocycles. The van der Waals surface area contributed by atoms with Crippen LogP contribution in [0.4, 0.5) is 5.82 Å². The van der Waals surface area contributed by atoms with Crippen LogP contribution < -0.4 is 4.90 Å². The number of aromatic nitrogens is 3. The summed E-state index contributed by atoms with van der Waals surface area (Å²) in [6, 6.07) is 5.96. The first kappa shape index (κ1) is 14.2. The van der Waals surface area contributed by atoms with Crippen LogP contribution in [0.5, 0.6) is 0 Å². The number of H-pyrrole nitrogens is 1. The van der Waals surface area contributed by atoms with Gasteiger partial charge in [0.15, 0.2) is 0 Å². The van der Waals surface area contributed by atoms with E-state index in [0.29, 0.717) is 5.91 Å². The zero-order chi connectivity index (χ0) is 15.6. The lowest BCUT2D eigenvalue weighted by molar-refractivity contribution is -0.136. The van der Waals surface area contributed by atoms with Gasteiger partial charge in [0.2, 0.25) is 5.91 Å². The summed E-state index contributed by atoms with van der Waals surface area (Å²) in [5.41, 5.74) is 2.27. The maximum atomic E-state index is 12.8. The topological polar surface area (TPSA) is 65.1 Å². The normalized spacial score (nSPS) is 21.1. The minimum atomic E-state index is 0.101. The molecule has 1 amide bonds. The summed E-state index contributed by atoms with van der Waals surface area (Å²) in [6.45, 7) is 3.26.